The van der Waals surface area contributed by atoms with E-state index < -0.39 is 11.6 Å². The molecule has 0 saturated carbocycles. The second-order valence-electron chi connectivity index (χ2n) is 5.13. The molecular weight excluding hydrogens is 262 g/mol. The lowest BCUT2D eigenvalue weighted by molar-refractivity contribution is 0.581. The van der Waals surface area contributed by atoms with Gasteiger partial charge in [0.2, 0.25) is 0 Å². The predicted molar refractivity (Wildman–Crippen MR) is 73.8 cm³/mol. The maximum atomic E-state index is 14.2. The van der Waals surface area contributed by atoms with E-state index in [-0.39, 0.29) is 28.3 Å². The van der Waals surface area contributed by atoms with Gasteiger partial charge < -0.3 is 4.98 Å². The summed E-state index contributed by atoms with van der Waals surface area (Å²) in [4.78, 5) is 18.8. The fourth-order valence-corrected chi connectivity index (χ4v) is 1.94. The highest BCUT2D eigenvalue weighted by Crippen LogP contribution is 2.28. The molecule has 1 aromatic carbocycles. The molecule has 3 nitrogen and oxygen atoms in total. The van der Waals surface area contributed by atoms with Gasteiger partial charge in [0.25, 0.3) is 5.56 Å². The van der Waals surface area contributed by atoms with Gasteiger partial charge in [0.1, 0.15) is 17.5 Å². The van der Waals surface area contributed by atoms with Gasteiger partial charge in [-0.1, -0.05) is 19.9 Å². The van der Waals surface area contributed by atoms with Crippen LogP contribution in [-0.2, 0) is 0 Å². The molecule has 2 aromatic rings. The number of halogens is 2. The number of hydrogen-bond donors (Lipinski definition) is 1. The molecule has 106 valence electrons. The molecule has 0 aliphatic carbocycles. The van der Waals surface area contributed by atoms with Crippen LogP contribution in [0.5, 0.6) is 0 Å². The molecule has 1 aromatic heterocycles. The van der Waals surface area contributed by atoms with Crippen molar-refractivity contribution >= 4 is 0 Å². The van der Waals surface area contributed by atoms with Crippen LogP contribution in [0.25, 0.3) is 11.3 Å². The minimum absolute atomic E-state index is 0.0435. The van der Waals surface area contributed by atoms with E-state index in [4.69, 9.17) is 0 Å². The van der Waals surface area contributed by atoms with Gasteiger partial charge >= 0.3 is 0 Å². The van der Waals surface area contributed by atoms with Gasteiger partial charge in [-0.2, -0.15) is 0 Å². The van der Waals surface area contributed by atoms with E-state index in [0.717, 1.165) is 0 Å². The molecule has 0 unspecified atom stereocenters. The first-order valence-electron chi connectivity index (χ1n) is 6.38. The average Bonchev–Trinajstić information content (AvgIpc) is 2.38. The van der Waals surface area contributed by atoms with E-state index in [0.29, 0.717) is 11.4 Å². The second-order valence-corrected chi connectivity index (χ2v) is 5.13. The van der Waals surface area contributed by atoms with Gasteiger partial charge in [-0.05, 0) is 25.5 Å². The van der Waals surface area contributed by atoms with Gasteiger partial charge in [-0.3, -0.25) is 4.79 Å². The Morgan fingerprint density at radius 1 is 1.20 bits per heavy atom. The van der Waals surface area contributed by atoms with Crippen LogP contribution in [0.4, 0.5) is 8.78 Å². The predicted octanol–water partition coefficient (Wildman–Crippen LogP) is 3.46. The van der Waals surface area contributed by atoms with Gasteiger partial charge in [-0.15, -0.1) is 0 Å². The van der Waals surface area contributed by atoms with E-state index >= 15 is 0 Å². The Balaban J connectivity index is 2.83. The number of nitrogens with zero attached hydrogens (tertiary/aromatic N) is 1. The molecule has 0 bridgehead atoms. The zero-order valence-electron chi connectivity index (χ0n) is 11.8. The number of hydrogen-bond acceptors (Lipinski definition) is 2. The fourth-order valence-electron chi connectivity index (χ4n) is 1.94. The number of aryl methyl sites for hydroxylation is 1. The zero-order chi connectivity index (χ0) is 15.0. The summed E-state index contributed by atoms with van der Waals surface area (Å²) in [6.45, 7) is 6.75. The standard InChI is InChI=1S/C15H16F2N2O/c1-7(2)14-18-13(9(4)15(20)19-14)11-10(16)6-5-8(3)12(11)17/h5-7H,1-4H3,(H,18,19,20). The smallest absolute Gasteiger partial charge is 0.254 e. The molecule has 20 heavy (non-hydrogen) atoms. The highest BCUT2D eigenvalue weighted by atomic mass is 19.1. The maximum Gasteiger partial charge on any atom is 0.254 e. The van der Waals surface area contributed by atoms with Crippen LogP contribution in [0.1, 0.15) is 36.7 Å². The number of H-pyrrole nitrogens is 1. The minimum Gasteiger partial charge on any atom is -0.310 e. The Labute approximate surface area is 115 Å². The minimum atomic E-state index is -0.719. The van der Waals surface area contributed by atoms with Crippen molar-refractivity contribution in [3.05, 3.63) is 51.1 Å². The Hall–Kier alpha value is -2.04. The van der Waals surface area contributed by atoms with E-state index in [1.54, 1.807) is 6.92 Å². The summed E-state index contributed by atoms with van der Waals surface area (Å²) in [6, 6.07) is 2.55. The molecule has 5 heteroatoms. The summed E-state index contributed by atoms with van der Waals surface area (Å²) in [5, 5.41) is 0. The highest BCUT2D eigenvalue weighted by Gasteiger charge is 2.19. The molecule has 0 fully saturated rings. The number of benzene rings is 1. The molecule has 0 amide bonds. The average molecular weight is 278 g/mol. The lowest BCUT2D eigenvalue weighted by atomic mass is 10.0. The molecule has 0 saturated heterocycles. The van der Waals surface area contributed by atoms with Crippen molar-refractivity contribution in [1.82, 2.24) is 9.97 Å². The summed E-state index contributed by atoms with van der Waals surface area (Å²) in [7, 11) is 0. The number of aromatic nitrogens is 2. The van der Waals surface area contributed by atoms with Crippen molar-refractivity contribution < 1.29 is 8.78 Å². The van der Waals surface area contributed by atoms with E-state index in [1.165, 1.54) is 19.1 Å². The van der Waals surface area contributed by atoms with Gasteiger partial charge in [0.05, 0.1) is 11.3 Å². The summed E-state index contributed by atoms with van der Waals surface area (Å²) in [6.07, 6.45) is 0. The van der Waals surface area contributed by atoms with Crippen molar-refractivity contribution in [3.63, 3.8) is 0 Å². The maximum absolute atomic E-state index is 14.2. The van der Waals surface area contributed by atoms with Crippen LogP contribution in [0.3, 0.4) is 0 Å². The third kappa shape index (κ3) is 2.35. The molecule has 1 N–H and O–H groups in total. The van der Waals surface area contributed by atoms with Crippen molar-refractivity contribution in [2.45, 2.75) is 33.6 Å². The van der Waals surface area contributed by atoms with E-state index in [9.17, 15) is 13.6 Å². The van der Waals surface area contributed by atoms with Gasteiger partial charge in [0, 0.05) is 11.5 Å². The van der Waals surface area contributed by atoms with Crippen LogP contribution in [0.15, 0.2) is 16.9 Å². The van der Waals surface area contributed by atoms with Crippen LogP contribution in [0, 0.1) is 25.5 Å². The first-order valence-corrected chi connectivity index (χ1v) is 6.38. The summed E-state index contributed by atoms with van der Waals surface area (Å²) in [5.74, 6) is -1.03. The Morgan fingerprint density at radius 3 is 2.45 bits per heavy atom. The molecule has 2 rings (SSSR count). The summed E-state index contributed by atoms with van der Waals surface area (Å²) in [5.41, 5.74) is -0.0302. The summed E-state index contributed by atoms with van der Waals surface area (Å²) < 4.78 is 28.2. The quantitative estimate of drug-likeness (QED) is 0.914. The fraction of sp³-hybridized carbons (Fsp3) is 0.333. The monoisotopic (exact) mass is 278 g/mol. The highest BCUT2D eigenvalue weighted by molar-refractivity contribution is 5.65. The van der Waals surface area contributed by atoms with Crippen molar-refractivity contribution in [1.29, 1.82) is 0 Å². The molecule has 1 heterocycles. The Kier molecular flexibility index (Phi) is 3.70. The summed E-state index contributed by atoms with van der Waals surface area (Å²) >= 11 is 0. The van der Waals surface area contributed by atoms with Crippen LogP contribution < -0.4 is 5.56 Å². The topological polar surface area (TPSA) is 45.8 Å². The molecule has 0 radical (unpaired) electrons. The zero-order valence-corrected chi connectivity index (χ0v) is 11.8. The first-order chi connectivity index (χ1) is 9.32. The third-order valence-electron chi connectivity index (χ3n) is 3.24. The largest absolute Gasteiger partial charge is 0.310 e. The number of nitrogens with one attached hydrogen (secondary N) is 1. The lowest BCUT2D eigenvalue weighted by Gasteiger charge is -2.12. The van der Waals surface area contributed by atoms with Gasteiger partial charge in [0.15, 0.2) is 0 Å². The van der Waals surface area contributed by atoms with Crippen molar-refractivity contribution in [2.75, 3.05) is 0 Å². The molecule has 0 atom stereocenters. The van der Waals surface area contributed by atoms with Crippen molar-refractivity contribution in [3.8, 4) is 11.3 Å². The normalized spacial score (nSPS) is 11.2. The van der Waals surface area contributed by atoms with Gasteiger partial charge in [-0.25, -0.2) is 13.8 Å². The van der Waals surface area contributed by atoms with E-state index in [2.05, 4.69) is 9.97 Å². The molecule has 0 aliphatic heterocycles. The SMILES string of the molecule is Cc1ccc(F)c(-c2nc(C(C)C)[nH]c(=O)c2C)c1F. The Bertz CT molecular complexity index is 721. The number of aromatic amines is 1. The molecule has 0 aliphatic rings. The van der Waals surface area contributed by atoms with Crippen LogP contribution in [0.2, 0.25) is 0 Å². The molecule has 0 spiro atoms. The Morgan fingerprint density at radius 2 is 1.85 bits per heavy atom. The number of rotatable bonds is 2. The second kappa shape index (κ2) is 5.15. The third-order valence-corrected chi connectivity index (χ3v) is 3.24. The first kappa shape index (κ1) is 14.4. The van der Waals surface area contributed by atoms with Crippen LogP contribution >= 0.6 is 0 Å². The lowest BCUT2D eigenvalue weighted by Crippen LogP contribution is -2.17. The van der Waals surface area contributed by atoms with Crippen LogP contribution in [-0.4, -0.2) is 9.97 Å². The molecular formula is C15H16F2N2O. The van der Waals surface area contributed by atoms with Crippen molar-refractivity contribution in [2.24, 2.45) is 0 Å². The van der Waals surface area contributed by atoms with E-state index in [1.807, 2.05) is 13.8 Å².